The zero-order valence-electron chi connectivity index (χ0n) is 17.1. The van der Waals surface area contributed by atoms with Gasteiger partial charge >= 0.3 is 0 Å². The van der Waals surface area contributed by atoms with Crippen molar-refractivity contribution in [2.75, 3.05) is 0 Å². The van der Waals surface area contributed by atoms with Crippen LogP contribution in [0.4, 0.5) is 0 Å². The Morgan fingerprint density at radius 2 is 1.78 bits per heavy atom. The van der Waals surface area contributed by atoms with Crippen LogP contribution >= 0.6 is 0 Å². The maximum Gasteiger partial charge on any atom is 0.261 e. The first kappa shape index (κ1) is 19.3. The fraction of sp³-hybridized carbons (Fsp3) is 0.435. The normalized spacial score (nSPS) is 18.8. The predicted molar refractivity (Wildman–Crippen MR) is 107 cm³/mol. The van der Waals surface area contributed by atoms with Crippen molar-refractivity contribution in [2.24, 2.45) is 0 Å². The zero-order valence-corrected chi connectivity index (χ0v) is 17.1. The number of fused-ring (bicyclic) bond motifs is 1. The van der Waals surface area contributed by atoms with Crippen LogP contribution in [0, 0.1) is 20.8 Å². The smallest absolute Gasteiger partial charge is 0.261 e. The second-order valence-corrected chi connectivity index (χ2v) is 8.25. The van der Waals surface area contributed by atoms with Crippen LogP contribution in [0.1, 0.15) is 55.5 Å². The van der Waals surface area contributed by atoms with Gasteiger partial charge in [-0.25, -0.2) is 0 Å². The summed E-state index contributed by atoms with van der Waals surface area (Å²) in [6.45, 7) is 12.0. The molecule has 1 heterocycles. The van der Waals surface area contributed by atoms with Gasteiger partial charge in [0.15, 0.2) is 6.10 Å². The molecule has 0 spiro atoms. The highest BCUT2D eigenvalue weighted by atomic mass is 16.5. The predicted octanol–water partition coefficient (Wildman–Crippen LogP) is 4.80. The Kier molecular flexibility index (Phi) is 5.18. The lowest BCUT2D eigenvalue weighted by Crippen LogP contribution is -2.44. The lowest BCUT2D eigenvalue weighted by Gasteiger charge is -2.38. The van der Waals surface area contributed by atoms with E-state index < -0.39 is 6.10 Å². The average Bonchev–Trinajstić information content (AvgIpc) is 2.52. The van der Waals surface area contributed by atoms with Crippen molar-refractivity contribution >= 4 is 5.91 Å². The Hall–Kier alpha value is -2.49. The van der Waals surface area contributed by atoms with E-state index in [4.69, 9.17) is 9.47 Å². The lowest BCUT2D eigenvalue weighted by atomic mass is 9.89. The third-order valence-electron chi connectivity index (χ3n) is 4.82. The van der Waals surface area contributed by atoms with Gasteiger partial charge in [-0.3, -0.25) is 4.79 Å². The molecule has 0 aromatic heterocycles. The molecule has 1 amide bonds. The van der Waals surface area contributed by atoms with Gasteiger partial charge in [-0.05, 0) is 76.4 Å². The van der Waals surface area contributed by atoms with Crippen molar-refractivity contribution in [1.82, 2.24) is 5.32 Å². The van der Waals surface area contributed by atoms with E-state index in [1.165, 1.54) is 0 Å². The SMILES string of the molecule is Cc1cc(C)cc(O[C@@H](C)C(=O)N[C@H]2CC(C)(C)Oc3cc(C)ccc32)c1. The molecular formula is C23H29NO3. The van der Waals surface area contributed by atoms with E-state index >= 15 is 0 Å². The zero-order chi connectivity index (χ0) is 19.8. The molecule has 2 aromatic carbocycles. The van der Waals surface area contributed by atoms with Gasteiger partial charge < -0.3 is 14.8 Å². The topological polar surface area (TPSA) is 47.6 Å². The molecule has 0 fully saturated rings. The number of carbonyl (C=O) groups is 1. The molecule has 1 aliphatic rings. The minimum absolute atomic E-state index is 0.0952. The molecule has 2 aromatic rings. The molecule has 144 valence electrons. The summed E-state index contributed by atoms with van der Waals surface area (Å²) < 4.78 is 12.0. The molecule has 4 nitrogen and oxygen atoms in total. The number of hydrogen-bond acceptors (Lipinski definition) is 3. The fourth-order valence-electron chi connectivity index (χ4n) is 3.64. The number of amides is 1. The van der Waals surface area contributed by atoms with Crippen LogP contribution in [-0.2, 0) is 4.79 Å². The molecule has 0 bridgehead atoms. The second-order valence-electron chi connectivity index (χ2n) is 8.25. The first-order chi connectivity index (χ1) is 12.6. The number of rotatable bonds is 4. The van der Waals surface area contributed by atoms with Gasteiger partial charge in [0.1, 0.15) is 17.1 Å². The van der Waals surface area contributed by atoms with Gasteiger partial charge in [0, 0.05) is 12.0 Å². The van der Waals surface area contributed by atoms with Crippen molar-refractivity contribution in [3.05, 3.63) is 58.7 Å². The molecule has 1 aliphatic heterocycles. The van der Waals surface area contributed by atoms with E-state index in [0.29, 0.717) is 6.42 Å². The van der Waals surface area contributed by atoms with E-state index in [1.807, 2.05) is 58.9 Å². The third-order valence-corrected chi connectivity index (χ3v) is 4.82. The van der Waals surface area contributed by atoms with E-state index in [2.05, 4.69) is 17.4 Å². The number of aryl methyl sites for hydroxylation is 3. The molecular weight excluding hydrogens is 338 g/mol. The van der Waals surface area contributed by atoms with Crippen molar-refractivity contribution in [1.29, 1.82) is 0 Å². The van der Waals surface area contributed by atoms with Crippen molar-refractivity contribution in [2.45, 2.75) is 65.7 Å². The molecule has 0 saturated carbocycles. The molecule has 27 heavy (non-hydrogen) atoms. The quantitative estimate of drug-likeness (QED) is 0.844. The molecule has 0 unspecified atom stereocenters. The van der Waals surface area contributed by atoms with Gasteiger partial charge in [-0.1, -0.05) is 18.2 Å². The third kappa shape index (κ3) is 4.62. The van der Waals surface area contributed by atoms with Crippen LogP contribution in [0.25, 0.3) is 0 Å². The molecule has 4 heteroatoms. The maximum absolute atomic E-state index is 12.8. The highest BCUT2D eigenvalue weighted by Crippen LogP contribution is 2.40. The number of benzene rings is 2. The number of nitrogens with one attached hydrogen (secondary N) is 1. The standard InChI is InChI=1S/C23H29NO3/c1-14-7-8-19-20(13-23(5,6)27-21(19)12-14)24-22(25)17(4)26-18-10-15(2)9-16(3)11-18/h7-12,17,20H,13H2,1-6H3,(H,24,25)/t17-,20-/m0/s1. The van der Waals surface area contributed by atoms with Crippen LogP contribution in [-0.4, -0.2) is 17.6 Å². The van der Waals surface area contributed by atoms with Gasteiger partial charge in [0.05, 0.1) is 6.04 Å². The van der Waals surface area contributed by atoms with E-state index in [-0.39, 0.29) is 17.6 Å². The van der Waals surface area contributed by atoms with Gasteiger partial charge in [-0.15, -0.1) is 0 Å². The summed E-state index contributed by atoms with van der Waals surface area (Å²) in [6.07, 6.45) is 0.136. The Morgan fingerprint density at radius 3 is 2.44 bits per heavy atom. The summed E-state index contributed by atoms with van der Waals surface area (Å²) in [4.78, 5) is 12.8. The monoisotopic (exact) mass is 367 g/mol. The van der Waals surface area contributed by atoms with Gasteiger partial charge in [-0.2, -0.15) is 0 Å². The summed E-state index contributed by atoms with van der Waals surface area (Å²) in [5.74, 6) is 1.45. The minimum atomic E-state index is -0.578. The van der Waals surface area contributed by atoms with Crippen LogP contribution in [0.3, 0.4) is 0 Å². The molecule has 1 N–H and O–H groups in total. The summed E-state index contributed by atoms with van der Waals surface area (Å²) >= 11 is 0. The molecule has 2 atom stereocenters. The second kappa shape index (κ2) is 7.26. The largest absolute Gasteiger partial charge is 0.487 e. The highest BCUT2D eigenvalue weighted by Gasteiger charge is 2.35. The summed E-state index contributed by atoms with van der Waals surface area (Å²) in [7, 11) is 0. The number of hydrogen-bond donors (Lipinski definition) is 1. The summed E-state index contributed by atoms with van der Waals surface area (Å²) in [5, 5.41) is 3.16. The van der Waals surface area contributed by atoms with Crippen LogP contribution in [0.2, 0.25) is 0 Å². The fourth-order valence-corrected chi connectivity index (χ4v) is 3.64. The van der Waals surface area contributed by atoms with Crippen LogP contribution < -0.4 is 14.8 Å². The number of ether oxygens (including phenoxy) is 2. The van der Waals surface area contributed by atoms with E-state index in [1.54, 1.807) is 6.92 Å². The Labute approximate surface area is 161 Å². The van der Waals surface area contributed by atoms with Gasteiger partial charge in [0.25, 0.3) is 5.91 Å². The minimum Gasteiger partial charge on any atom is -0.487 e. The summed E-state index contributed by atoms with van der Waals surface area (Å²) in [6, 6.07) is 12.0. The maximum atomic E-state index is 12.8. The Bertz CT molecular complexity index is 836. The average molecular weight is 367 g/mol. The molecule has 0 saturated heterocycles. The van der Waals surface area contributed by atoms with Crippen LogP contribution in [0.5, 0.6) is 11.5 Å². The first-order valence-corrected chi connectivity index (χ1v) is 9.48. The Morgan fingerprint density at radius 1 is 1.11 bits per heavy atom. The van der Waals surface area contributed by atoms with Crippen molar-refractivity contribution < 1.29 is 14.3 Å². The van der Waals surface area contributed by atoms with Crippen LogP contribution in [0.15, 0.2) is 36.4 Å². The highest BCUT2D eigenvalue weighted by molar-refractivity contribution is 5.81. The van der Waals surface area contributed by atoms with E-state index in [0.717, 1.165) is 33.8 Å². The Balaban J connectivity index is 1.75. The number of carbonyl (C=O) groups excluding carboxylic acids is 1. The molecule has 0 aliphatic carbocycles. The lowest BCUT2D eigenvalue weighted by molar-refractivity contribution is -0.128. The molecule has 3 rings (SSSR count). The van der Waals surface area contributed by atoms with E-state index in [9.17, 15) is 4.79 Å². The first-order valence-electron chi connectivity index (χ1n) is 9.48. The molecule has 0 radical (unpaired) electrons. The van der Waals surface area contributed by atoms with Crippen molar-refractivity contribution in [3.8, 4) is 11.5 Å². The van der Waals surface area contributed by atoms with Gasteiger partial charge in [0.2, 0.25) is 0 Å². The summed E-state index contributed by atoms with van der Waals surface area (Å²) in [5.41, 5.74) is 4.06. The van der Waals surface area contributed by atoms with Crippen molar-refractivity contribution in [3.63, 3.8) is 0 Å².